The zero-order valence-corrected chi connectivity index (χ0v) is 19.1. The number of hydrogen-bond acceptors (Lipinski definition) is 8. The molecule has 0 saturated heterocycles. The summed E-state index contributed by atoms with van der Waals surface area (Å²) in [7, 11) is -2.03. The van der Waals surface area contributed by atoms with Gasteiger partial charge in [-0.1, -0.05) is 0 Å². The van der Waals surface area contributed by atoms with Crippen LogP contribution in [0.4, 0.5) is 0 Å². The number of unbranched alkanes of at least 4 members (excludes halogenated alkanes) is 1. The molecular weight excluding hydrogens is 448 g/mol. The third-order valence-corrected chi connectivity index (χ3v) is 6.34. The van der Waals surface area contributed by atoms with Gasteiger partial charge in [0.15, 0.2) is 0 Å². The molecule has 0 bridgehead atoms. The molecule has 1 heterocycles. The molecule has 10 heteroatoms. The van der Waals surface area contributed by atoms with Crippen LogP contribution >= 0.6 is 0 Å². The van der Waals surface area contributed by atoms with Crippen LogP contribution in [0.3, 0.4) is 0 Å². The highest BCUT2D eigenvalue weighted by Gasteiger charge is 2.13. The van der Waals surface area contributed by atoms with Crippen molar-refractivity contribution in [2.75, 3.05) is 33.4 Å². The first-order chi connectivity index (χ1) is 15.9. The van der Waals surface area contributed by atoms with E-state index in [2.05, 4.69) is 10.0 Å². The average Bonchev–Trinajstić information content (AvgIpc) is 2.81. The number of aliphatic hydroxyl groups is 1. The van der Waals surface area contributed by atoms with Crippen molar-refractivity contribution in [3.05, 3.63) is 65.0 Å². The summed E-state index contributed by atoms with van der Waals surface area (Å²) < 4.78 is 42.8. The maximum atomic E-state index is 12.3. The van der Waals surface area contributed by atoms with Gasteiger partial charge in [-0.3, -0.25) is 0 Å². The molecule has 2 aromatic carbocycles. The molecule has 0 aliphatic rings. The Labute approximate surface area is 192 Å². The summed E-state index contributed by atoms with van der Waals surface area (Å²) in [5.74, 6) is 1.10. The lowest BCUT2D eigenvalue weighted by atomic mass is 10.2. The first kappa shape index (κ1) is 24.7. The van der Waals surface area contributed by atoms with Gasteiger partial charge in [-0.05, 0) is 61.9 Å². The van der Waals surface area contributed by atoms with Crippen LogP contribution in [0.15, 0.2) is 68.7 Å². The van der Waals surface area contributed by atoms with E-state index in [-0.39, 0.29) is 11.5 Å². The second-order valence-corrected chi connectivity index (χ2v) is 9.17. The summed E-state index contributed by atoms with van der Waals surface area (Å²) in [5, 5.41) is 14.0. The third-order valence-electron chi connectivity index (χ3n) is 4.86. The Morgan fingerprint density at radius 2 is 1.70 bits per heavy atom. The fourth-order valence-electron chi connectivity index (χ4n) is 3.07. The van der Waals surface area contributed by atoms with Gasteiger partial charge in [0.25, 0.3) is 0 Å². The molecule has 1 aromatic heterocycles. The number of rotatable bonds is 13. The molecule has 0 unspecified atom stereocenters. The zero-order valence-electron chi connectivity index (χ0n) is 18.3. The summed E-state index contributed by atoms with van der Waals surface area (Å²) in [4.78, 5) is 11.5. The van der Waals surface area contributed by atoms with Gasteiger partial charge < -0.3 is 24.3 Å². The molecule has 3 N–H and O–H groups in total. The largest absolute Gasteiger partial charge is 0.497 e. The summed E-state index contributed by atoms with van der Waals surface area (Å²) in [6.45, 7) is 1.36. The number of hydrogen-bond donors (Lipinski definition) is 3. The minimum absolute atomic E-state index is 0.0806. The molecule has 3 rings (SSSR count). The van der Waals surface area contributed by atoms with Gasteiger partial charge in [-0.25, -0.2) is 17.9 Å². The maximum absolute atomic E-state index is 12.3. The minimum Gasteiger partial charge on any atom is -0.497 e. The molecule has 0 radical (unpaired) electrons. The van der Waals surface area contributed by atoms with Gasteiger partial charge in [0.2, 0.25) is 10.0 Å². The zero-order chi connectivity index (χ0) is 23.7. The lowest BCUT2D eigenvalue weighted by molar-refractivity contribution is 0.106. The first-order valence-electron chi connectivity index (χ1n) is 10.6. The fraction of sp³-hybridized carbons (Fsp3) is 0.348. The highest BCUT2D eigenvalue weighted by molar-refractivity contribution is 7.89. The van der Waals surface area contributed by atoms with Crippen molar-refractivity contribution in [3.63, 3.8) is 0 Å². The van der Waals surface area contributed by atoms with Gasteiger partial charge >= 0.3 is 5.63 Å². The predicted octanol–water partition coefficient (Wildman–Crippen LogP) is 1.89. The normalized spacial score (nSPS) is 12.5. The van der Waals surface area contributed by atoms with Crippen molar-refractivity contribution >= 4 is 21.0 Å². The van der Waals surface area contributed by atoms with Gasteiger partial charge in [0.05, 0.1) is 12.0 Å². The Morgan fingerprint density at radius 3 is 2.45 bits per heavy atom. The van der Waals surface area contributed by atoms with Crippen molar-refractivity contribution in [1.82, 2.24) is 10.0 Å². The number of fused-ring (bicyclic) bond motifs is 1. The van der Waals surface area contributed by atoms with Crippen molar-refractivity contribution in [3.8, 4) is 11.5 Å². The molecule has 0 spiro atoms. The minimum atomic E-state index is -3.55. The van der Waals surface area contributed by atoms with Crippen molar-refractivity contribution in [1.29, 1.82) is 0 Å². The maximum Gasteiger partial charge on any atom is 0.336 e. The highest BCUT2D eigenvalue weighted by atomic mass is 32.2. The van der Waals surface area contributed by atoms with Crippen molar-refractivity contribution < 1.29 is 27.4 Å². The lowest BCUT2D eigenvalue weighted by Gasteiger charge is -2.13. The molecule has 33 heavy (non-hydrogen) atoms. The molecule has 9 nitrogen and oxygen atoms in total. The van der Waals surface area contributed by atoms with E-state index in [4.69, 9.17) is 13.9 Å². The van der Waals surface area contributed by atoms with Gasteiger partial charge in [-0.2, -0.15) is 0 Å². The molecule has 1 atom stereocenters. The monoisotopic (exact) mass is 476 g/mol. The van der Waals surface area contributed by atoms with E-state index in [1.807, 2.05) is 0 Å². The Bertz CT molecular complexity index is 1190. The van der Waals surface area contributed by atoms with Gasteiger partial charge in [0, 0.05) is 30.6 Å². The lowest BCUT2D eigenvalue weighted by Crippen LogP contribution is -2.32. The number of benzene rings is 2. The fourth-order valence-corrected chi connectivity index (χ4v) is 4.14. The van der Waals surface area contributed by atoms with Crippen molar-refractivity contribution in [2.24, 2.45) is 0 Å². The second kappa shape index (κ2) is 11.8. The van der Waals surface area contributed by atoms with E-state index >= 15 is 0 Å². The van der Waals surface area contributed by atoms with Gasteiger partial charge in [0.1, 0.15) is 29.8 Å². The van der Waals surface area contributed by atoms with E-state index in [1.165, 1.54) is 25.3 Å². The van der Waals surface area contributed by atoms with E-state index in [9.17, 15) is 18.3 Å². The Morgan fingerprint density at radius 1 is 1.00 bits per heavy atom. The number of aliphatic hydroxyl groups excluding tert-OH is 1. The molecular formula is C23H28N2O7S. The van der Waals surface area contributed by atoms with Crippen LogP contribution in [-0.4, -0.2) is 53.0 Å². The van der Waals surface area contributed by atoms with E-state index < -0.39 is 21.8 Å². The molecule has 0 fully saturated rings. The molecule has 0 saturated carbocycles. The number of ether oxygens (including phenoxy) is 2. The van der Waals surface area contributed by atoms with Crippen LogP contribution in [0.5, 0.6) is 11.5 Å². The Hall–Kier alpha value is -2.92. The number of nitrogens with one attached hydrogen (secondary N) is 2. The van der Waals surface area contributed by atoms with Crippen LogP contribution in [0.2, 0.25) is 0 Å². The topological polar surface area (TPSA) is 127 Å². The van der Waals surface area contributed by atoms with E-state index in [0.29, 0.717) is 43.1 Å². The van der Waals surface area contributed by atoms with Crippen molar-refractivity contribution in [2.45, 2.75) is 23.8 Å². The summed E-state index contributed by atoms with van der Waals surface area (Å²) in [6.07, 6.45) is 0.664. The molecule has 0 aliphatic carbocycles. The highest BCUT2D eigenvalue weighted by Crippen LogP contribution is 2.19. The van der Waals surface area contributed by atoms with Crippen LogP contribution in [0, 0.1) is 0 Å². The van der Waals surface area contributed by atoms with E-state index in [1.54, 1.807) is 36.4 Å². The first-order valence-corrected chi connectivity index (χ1v) is 12.0. The Balaban J connectivity index is 1.29. The molecule has 178 valence electrons. The summed E-state index contributed by atoms with van der Waals surface area (Å²) in [5.41, 5.74) is -0.00681. The van der Waals surface area contributed by atoms with E-state index in [0.717, 1.165) is 11.8 Å². The van der Waals surface area contributed by atoms with Crippen LogP contribution in [0.1, 0.15) is 12.8 Å². The number of methoxy groups -OCH3 is 1. The summed E-state index contributed by atoms with van der Waals surface area (Å²) >= 11 is 0. The molecule has 0 aliphatic heterocycles. The average molecular weight is 477 g/mol. The second-order valence-electron chi connectivity index (χ2n) is 7.40. The summed E-state index contributed by atoms with van der Waals surface area (Å²) in [6, 6.07) is 14.4. The van der Waals surface area contributed by atoms with Crippen LogP contribution in [-0.2, 0) is 10.0 Å². The quantitative estimate of drug-likeness (QED) is 0.252. The standard InChI is InChI=1S/C23H28N2O7S/c1-30-19-7-9-21(10-8-19)33(28,29)25-13-3-2-12-24-15-18(26)16-31-20-6-4-17-5-11-23(27)32-22(17)14-20/h4-11,14,18,24-26H,2-3,12-13,15-16H2,1H3/t18-/m0/s1. The van der Waals surface area contributed by atoms with Gasteiger partial charge in [-0.15, -0.1) is 0 Å². The van der Waals surface area contributed by atoms with Crippen LogP contribution in [0.25, 0.3) is 11.0 Å². The molecule has 0 amide bonds. The number of sulfonamides is 1. The smallest absolute Gasteiger partial charge is 0.336 e. The molecule has 3 aromatic rings. The third kappa shape index (κ3) is 7.57. The Kier molecular flexibility index (Phi) is 8.84. The van der Waals surface area contributed by atoms with Crippen LogP contribution < -0.4 is 25.1 Å². The SMILES string of the molecule is COc1ccc(S(=O)(=O)NCCCCNC[C@H](O)COc2ccc3ccc(=O)oc3c2)cc1. The predicted molar refractivity (Wildman–Crippen MR) is 124 cm³/mol.